The first-order chi connectivity index (χ1) is 13.0. The van der Waals surface area contributed by atoms with Crippen molar-refractivity contribution in [3.05, 3.63) is 56.2 Å². The van der Waals surface area contributed by atoms with Crippen LogP contribution in [0.1, 0.15) is 45.9 Å². The van der Waals surface area contributed by atoms with Crippen LogP contribution in [-0.2, 0) is 13.0 Å². The average molecular weight is 385 g/mol. The topological polar surface area (TPSA) is 64.0 Å². The van der Waals surface area contributed by atoms with E-state index in [1.165, 1.54) is 17.4 Å². The van der Waals surface area contributed by atoms with E-state index in [1.54, 1.807) is 30.5 Å². The molecule has 1 aliphatic heterocycles. The fourth-order valence-electron chi connectivity index (χ4n) is 3.48. The van der Waals surface area contributed by atoms with Crippen molar-refractivity contribution in [2.24, 2.45) is 0 Å². The number of nitrogens with one attached hydrogen (secondary N) is 1. The van der Waals surface area contributed by atoms with Crippen LogP contribution in [0.3, 0.4) is 0 Å². The van der Waals surface area contributed by atoms with Crippen LogP contribution in [0.2, 0.25) is 0 Å². The second kappa shape index (κ2) is 6.88. The number of aryl methyl sites for hydroxylation is 3. The Morgan fingerprint density at radius 2 is 2.07 bits per heavy atom. The highest BCUT2D eigenvalue weighted by atomic mass is 32.1. The Bertz CT molecular complexity index is 1120. The van der Waals surface area contributed by atoms with Gasteiger partial charge in [0, 0.05) is 18.7 Å². The quantitative estimate of drug-likeness (QED) is 0.719. The van der Waals surface area contributed by atoms with Gasteiger partial charge in [-0.05, 0) is 49.9 Å². The Morgan fingerprint density at radius 3 is 2.85 bits per heavy atom. The fraction of sp³-hybridized carbons (Fsp3) is 0.350. The molecule has 0 spiro atoms. The fourth-order valence-corrected chi connectivity index (χ4v) is 4.57. The molecule has 0 saturated carbocycles. The third-order valence-electron chi connectivity index (χ3n) is 5.05. The third-order valence-corrected chi connectivity index (χ3v) is 6.23. The van der Waals surface area contributed by atoms with Crippen molar-refractivity contribution in [2.45, 2.75) is 46.1 Å². The number of halogens is 1. The van der Waals surface area contributed by atoms with Gasteiger partial charge in [0.1, 0.15) is 16.5 Å². The minimum Gasteiger partial charge on any atom is -0.321 e. The highest BCUT2D eigenvalue weighted by Crippen LogP contribution is 2.29. The third kappa shape index (κ3) is 3.16. The smallest absolute Gasteiger partial charge is 0.266 e. The average Bonchev–Trinajstić information content (AvgIpc) is 2.80. The predicted molar refractivity (Wildman–Crippen MR) is 105 cm³/mol. The summed E-state index contributed by atoms with van der Waals surface area (Å²) >= 11 is 1.22. The lowest BCUT2D eigenvalue weighted by Gasteiger charge is -2.08. The zero-order chi connectivity index (χ0) is 19.1. The number of carbonyl (C=O) groups is 1. The number of benzene rings is 1. The maximum Gasteiger partial charge on any atom is 0.266 e. The van der Waals surface area contributed by atoms with Crippen LogP contribution in [0.25, 0.3) is 10.2 Å². The number of aromatic nitrogens is 2. The largest absolute Gasteiger partial charge is 0.321 e. The van der Waals surface area contributed by atoms with Gasteiger partial charge >= 0.3 is 0 Å². The standard InChI is InChI=1S/C20H20FN3O2S/c1-11-7-8-13(10-14(11)21)22-18(25)17-12(2)16-19(27-17)23-15-6-4-3-5-9-24(15)20(16)26/h7-8,10H,3-6,9H2,1-2H3,(H,22,25). The number of thiophene rings is 1. The highest BCUT2D eigenvalue weighted by molar-refractivity contribution is 7.20. The van der Waals surface area contributed by atoms with E-state index in [0.29, 0.717) is 38.5 Å². The molecule has 1 aromatic carbocycles. The summed E-state index contributed by atoms with van der Waals surface area (Å²) in [4.78, 5) is 31.4. The molecule has 140 valence electrons. The first-order valence-corrected chi connectivity index (χ1v) is 9.87. The summed E-state index contributed by atoms with van der Waals surface area (Å²) in [5.41, 5.74) is 1.48. The molecule has 0 aliphatic carbocycles. The molecule has 0 radical (unpaired) electrons. The number of amides is 1. The zero-order valence-electron chi connectivity index (χ0n) is 15.3. The minimum absolute atomic E-state index is 0.0638. The number of hydrogen-bond acceptors (Lipinski definition) is 4. The van der Waals surface area contributed by atoms with Crippen molar-refractivity contribution in [3.63, 3.8) is 0 Å². The van der Waals surface area contributed by atoms with Gasteiger partial charge in [-0.1, -0.05) is 12.5 Å². The van der Waals surface area contributed by atoms with Crippen molar-refractivity contribution in [1.82, 2.24) is 9.55 Å². The molecule has 5 nitrogen and oxygen atoms in total. The predicted octanol–water partition coefficient (Wildman–Crippen LogP) is 4.19. The Hall–Kier alpha value is -2.54. The monoisotopic (exact) mass is 385 g/mol. The molecule has 3 aromatic rings. The molecule has 0 saturated heterocycles. The number of carbonyl (C=O) groups excluding carboxylic acids is 1. The second-order valence-corrected chi connectivity index (χ2v) is 7.95. The van der Waals surface area contributed by atoms with Gasteiger partial charge in [0.25, 0.3) is 11.5 Å². The number of rotatable bonds is 2. The number of nitrogens with zero attached hydrogens (tertiary/aromatic N) is 2. The molecule has 7 heteroatoms. The molecule has 1 aliphatic rings. The van der Waals surface area contributed by atoms with Crippen molar-refractivity contribution in [1.29, 1.82) is 0 Å². The van der Waals surface area contributed by atoms with Gasteiger partial charge < -0.3 is 5.32 Å². The molecule has 0 atom stereocenters. The van der Waals surface area contributed by atoms with Crippen LogP contribution in [0.5, 0.6) is 0 Å². The number of hydrogen-bond donors (Lipinski definition) is 1. The molecule has 3 heterocycles. The lowest BCUT2D eigenvalue weighted by atomic mass is 10.2. The first kappa shape index (κ1) is 17.9. The van der Waals surface area contributed by atoms with E-state index in [4.69, 9.17) is 0 Å². The van der Waals surface area contributed by atoms with Crippen LogP contribution in [0.4, 0.5) is 10.1 Å². The Labute approximate surface area is 159 Å². The van der Waals surface area contributed by atoms with E-state index in [-0.39, 0.29) is 17.3 Å². The summed E-state index contributed by atoms with van der Waals surface area (Å²) in [5.74, 6) is 0.0849. The summed E-state index contributed by atoms with van der Waals surface area (Å²) in [6, 6.07) is 4.58. The molecular formula is C20H20FN3O2S. The summed E-state index contributed by atoms with van der Waals surface area (Å²) in [6.07, 6.45) is 3.87. The Balaban J connectivity index is 1.75. The van der Waals surface area contributed by atoms with Crippen molar-refractivity contribution >= 4 is 33.1 Å². The molecular weight excluding hydrogens is 365 g/mol. The van der Waals surface area contributed by atoms with Crippen LogP contribution in [-0.4, -0.2) is 15.5 Å². The number of fused-ring (bicyclic) bond motifs is 2. The molecule has 0 bridgehead atoms. The molecule has 4 rings (SSSR count). The van der Waals surface area contributed by atoms with E-state index >= 15 is 0 Å². The summed E-state index contributed by atoms with van der Waals surface area (Å²) in [5, 5.41) is 3.24. The van der Waals surface area contributed by atoms with Crippen LogP contribution in [0, 0.1) is 19.7 Å². The lowest BCUT2D eigenvalue weighted by molar-refractivity contribution is 0.103. The zero-order valence-corrected chi connectivity index (χ0v) is 16.1. The van der Waals surface area contributed by atoms with Gasteiger partial charge in [0.2, 0.25) is 0 Å². The molecule has 0 unspecified atom stereocenters. The summed E-state index contributed by atoms with van der Waals surface area (Å²) < 4.78 is 15.5. The van der Waals surface area contributed by atoms with Gasteiger partial charge in [-0.25, -0.2) is 9.37 Å². The van der Waals surface area contributed by atoms with E-state index in [9.17, 15) is 14.0 Å². The van der Waals surface area contributed by atoms with Crippen LogP contribution >= 0.6 is 11.3 Å². The minimum atomic E-state index is -0.371. The number of anilines is 1. The molecule has 1 N–H and O–H groups in total. The Morgan fingerprint density at radius 1 is 1.26 bits per heavy atom. The summed E-state index contributed by atoms with van der Waals surface area (Å²) in [7, 11) is 0. The maximum absolute atomic E-state index is 13.7. The normalized spacial score (nSPS) is 14.0. The summed E-state index contributed by atoms with van der Waals surface area (Å²) in [6.45, 7) is 4.12. The molecule has 27 heavy (non-hydrogen) atoms. The van der Waals surface area contributed by atoms with Crippen molar-refractivity contribution in [2.75, 3.05) is 5.32 Å². The van der Waals surface area contributed by atoms with E-state index in [1.807, 2.05) is 0 Å². The van der Waals surface area contributed by atoms with Gasteiger partial charge in [-0.3, -0.25) is 14.2 Å². The highest BCUT2D eigenvalue weighted by Gasteiger charge is 2.22. The van der Waals surface area contributed by atoms with E-state index in [0.717, 1.165) is 31.5 Å². The van der Waals surface area contributed by atoms with Crippen molar-refractivity contribution < 1.29 is 9.18 Å². The Kier molecular flexibility index (Phi) is 4.55. The van der Waals surface area contributed by atoms with Crippen LogP contribution < -0.4 is 10.9 Å². The van der Waals surface area contributed by atoms with Gasteiger partial charge in [0.15, 0.2) is 0 Å². The van der Waals surface area contributed by atoms with Gasteiger partial charge in [-0.15, -0.1) is 11.3 Å². The molecule has 2 aromatic heterocycles. The molecule has 0 fully saturated rings. The molecule has 1 amide bonds. The van der Waals surface area contributed by atoms with Gasteiger partial charge in [0.05, 0.1) is 10.3 Å². The van der Waals surface area contributed by atoms with E-state index < -0.39 is 0 Å². The second-order valence-electron chi connectivity index (χ2n) is 6.95. The first-order valence-electron chi connectivity index (χ1n) is 9.06. The van der Waals surface area contributed by atoms with Crippen LogP contribution in [0.15, 0.2) is 23.0 Å². The van der Waals surface area contributed by atoms with Gasteiger partial charge in [-0.2, -0.15) is 0 Å². The maximum atomic E-state index is 13.7. The lowest BCUT2D eigenvalue weighted by Crippen LogP contribution is -2.24. The van der Waals surface area contributed by atoms with E-state index in [2.05, 4.69) is 10.3 Å². The SMILES string of the molecule is Cc1ccc(NC(=O)c2sc3nc4n(c(=O)c3c2C)CCCCC4)cc1F. The van der Waals surface area contributed by atoms with Crippen molar-refractivity contribution in [3.8, 4) is 0 Å².